The Labute approximate surface area is 239 Å². The fourth-order valence-electron chi connectivity index (χ4n) is 4.57. The Kier molecular flexibility index (Phi) is 10.1. The molecule has 2 aromatic heterocycles. The summed E-state index contributed by atoms with van der Waals surface area (Å²) in [6.07, 6.45) is 0.586. The summed E-state index contributed by atoms with van der Waals surface area (Å²) in [5, 5.41) is 4.65. The number of nitrogens with two attached hydrogens (primary N) is 1. The van der Waals surface area contributed by atoms with Gasteiger partial charge in [0.05, 0.1) is 25.4 Å². The van der Waals surface area contributed by atoms with Crippen LogP contribution in [0.15, 0.2) is 59.4 Å². The number of amides is 1. The van der Waals surface area contributed by atoms with Crippen molar-refractivity contribution in [3.8, 4) is 5.75 Å². The summed E-state index contributed by atoms with van der Waals surface area (Å²) >= 11 is 6.53. The fourth-order valence-corrected chi connectivity index (χ4v) is 4.73. The standard InChI is InChI=1S/C28H33ClN6O3.ClH/c1-18(2)24(33(16-8-15-30)27(36)21-11-13-22(38-4)14-12-21)26-31-25-23(29)19(3)32-35(25)28(37)34(26)17-20-9-6-5-7-10-20;/h5-7,9-14,18,24H,8,15-17,30H2,1-4H3;1H. The van der Waals surface area contributed by atoms with Crippen molar-refractivity contribution in [2.75, 3.05) is 20.2 Å². The molecule has 0 bridgehead atoms. The highest BCUT2D eigenvalue weighted by Crippen LogP contribution is 2.31. The molecule has 0 saturated carbocycles. The average Bonchev–Trinajstić information content (AvgIpc) is 3.21. The van der Waals surface area contributed by atoms with E-state index < -0.39 is 6.04 Å². The summed E-state index contributed by atoms with van der Waals surface area (Å²) < 4.78 is 8.08. The molecule has 0 radical (unpaired) electrons. The van der Waals surface area contributed by atoms with E-state index in [9.17, 15) is 9.59 Å². The molecule has 9 nitrogen and oxygen atoms in total. The number of rotatable bonds is 10. The molecule has 0 aliphatic rings. The van der Waals surface area contributed by atoms with E-state index in [1.165, 1.54) is 4.52 Å². The SMILES string of the molecule is COc1ccc(C(=O)N(CCCN)C(c2nc3c(Cl)c(C)nn3c(=O)n2Cc2ccccc2)C(C)C)cc1.Cl. The minimum Gasteiger partial charge on any atom is -0.497 e. The van der Waals surface area contributed by atoms with Crippen molar-refractivity contribution >= 4 is 35.6 Å². The zero-order valence-electron chi connectivity index (χ0n) is 22.5. The normalized spacial score (nSPS) is 11.9. The Morgan fingerprint density at radius 3 is 2.38 bits per heavy atom. The predicted molar refractivity (Wildman–Crippen MR) is 155 cm³/mol. The maximum absolute atomic E-state index is 13.9. The van der Waals surface area contributed by atoms with Crippen LogP contribution in [0.25, 0.3) is 5.65 Å². The molecule has 39 heavy (non-hydrogen) atoms. The van der Waals surface area contributed by atoms with Gasteiger partial charge in [-0.15, -0.1) is 12.4 Å². The predicted octanol–water partition coefficient (Wildman–Crippen LogP) is 4.52. The summed E-state index contributed by atoms with van der Waals surface area (Å²) in [6.45, 7) is 6.82. The summed E-state index contributed by atoms with van der Waals surface area (Å²) in [5.41, 5.74) is 7.70. The van der Waals surface area contributed by atoms with Crippen LogP contribution in [-0.4, -0.2) is 50.2 Å². The quantitative estimate of drug-likeness (QED) is 0.299. The van der Waals surface area contributed by atoms with E-state index in [0.717, 1.165) is 5.56 Å². The smallest absolute Gasteiger partial charge is 0.352 e. The van der Waals surface area contributed by atoms with Crippen molar-refractivity contribution in [3.05, 3.63) is 92.7 Å². The average molecular weight is 574 g/mol. The molecule has 0 spiro atoms. The van der Waals surface area contributed by atoms with E-state index in [1.54, 1.807) is 47.8 Å². The van der Waals surface area contributed by atoms with E-state index in [0.29, 0.717) is 47.4 Å². The molecule has 0 aliphatic carbocycles. The van der Waals surface area contributed by atoms with Crippen LogP contribution >= 0.6 is 24.0 Å². The second-order valence-corrected chi connectivity index (χ2v) is 9.90. The van der Waals surface area contributed by atoms with Crippen molar-refractivity contribution in [1.29, 1.82) is 0 Å². The van der Waals surface area contributed by atoms with Crippen LogP contribution in [0.3, 0.4) is 0 Å². The molecule has 2 heterocycles. The lowest BCUT2D eigenvalue weighted by atomic mass is 9.99. The maximum atomic E-state index is 13.9. The number of benzene rings is 2. The van der Waals surface area contributed by atoms with E-state index in [-0.39, 0.29) is 42.1 Å². The number of carbonyl (C=O) groups is 1. The molecule has 208 valence electrons. The lowest BCUT2D eigenvalue weighted by molar-refractivity contribution is 0.0601. The third-order valence-electron chi connectivity index (χ3n) is 6.49. The van der Waals surface area contributed by atoms with Gasteiger partial charge in [0.1, 0.15) is 16.6 Å². The van der Waals surface area contributed by atoms with Crippen molar-refractivity contribution in [2.45, 2.75) is 39.8 Å². The van der Waals surface area contributed by atoms with Crippen LogP contribution in [0.5, 0.6) is 5.75 Å². The molecule has 11 heteroatoms. The largest absolute Gasteiger partial charge is 0.497 e. The highest BCUT2D eigenvalue weighted by molar-refractivity contribution is 6.34. The number of aromatic nitrogens is 4. The summed E-state index contributed by atoms with van der Waals surface area (Å²) in [5.74, 6) is 0.831. The summed E-state index contributed by atoms with van der Waals surface area (Å²) in [7, 11) is 1.58. The molecule has 1 amide bonds. The number of carbonyl (C=O) groups excluding carboxylic acids is 1. The van der Waals surface area contributed by atoms with E-state index >= 15 is 0 Å². The first-order chi connectivity index (χ1) is 18.3. The van der Waals surface area contributed by atoms with Gasteiger partial charge in [0.2, 0.25) is 0 Å². The lowest BCUT2D eigenvalue weighted by Crippen LogP contribution is -2.43. The van der Waals surface area contributed by atoms with Gasteiger partial charge in [-0.25, -0.2) is 9.78 Å². The van der Waals surface area contributed by atoms with Crippen LogP contribution in [0.2, 0.25) is 5.02 Å². The van der Waals surface area contributed by atoms with E-state index in [2.05, 4.69) is 5.10 Å². The second kappa shape index (κ2) is 13.1. The van der Waals surface area contributed by atoms with Crippen molar-refractivity contribution in [1.82, 2.24) is 24.1 Å². The highest BCUT2D eigenvalue weighted by Gasteiger charge is 2.33. The van der Waals surface area contributed by atoms with Crippen molar-refractivity contribution in [2.24, 2.45) is 11.7 Å². The lowest BCUT2D eigenvalue weighted by Gasteiger charge is -2.35. The van der Waals surface area contributed by atoms with Gasteiger partial charge in [-0.05, 0) is 55.6 Å². The monoisotopic (exact) mass is 572 g/mol. The molecule has 2 aromatic carbocycles. The summed E-state index contributed by atoms with van der Waals surface area (Å²) in [4.78, 5) is 34.4. The van der Waals surface area contributed by atoms with E-state index in [4.69, 9.17) is 27.1 Å². The molecule has 2 N–H and O–H groups in total. The third kappa shape index (κ3) is 6.27. The van der Waals surface area contributed by atoms with E-state index in [1.807, 2.05) is 44.2 Å². The molecule has 4 aromatic rings. The Morgan fingerprint density at radius 1 is 1.13 bits per heavy atom. The third-order valence-corrected chi connectivity index (χ3v) is 6.93. The molecule has 1 atom stereocenters. The minimum atomic E-state index is -0.538. The number of ether oxygens (including phenoxy) is 1. The molecule has 0 fully saturated rings. The molecule has 1 unspecified atom stereocenters. The van der Waals surface area contributed by atoms with Crippen LogP contribution < -0.4 is 16.2 Å². The Hall–Kier alpha value is -3.40. The van der Waals surface area contributed by atoms with Crippen LogP contribution in [0.1, 0.15) is 53.7 Å². The number of hydrogen-bond acceptors (Lipinski definition) is 6. The van der Waals surface area contributed by atoms with Crippen molar-refractivity contribution < 1.29 is 9.53 Å². The molecular formula is C28H34Cl2N6O3. The van der Waals surface area contributed by atoms with Gasteiger partial charge < -0.3 is 15.4 Å². The second-order valence-electron chi connectivity index (χ2n) is 9.52. The first-order valence-electron chi connectivity index (χ1n) is 12.6. The first kappa shape index (κ1) is 30.1. The van der Waals surface area contributed by atoms with Crippen molar-refractivity contribution in [3.63, 3.8) is 0 Å². The van der Waals surface area contributed by atoms with Gasteiger partial charge in [0, 0.05) is 12.1 Å². The van der Waals surface area contributed by atoms with Crippen LogP contribution in [0, 0.1) is 12.8 Å². The minimum absolute atomic E-state index is 0. The van der Waals surface area contributed by atoms with Gasteiger partial charge >= 0.3 is 5.69 Å². The van der Waals surface area contributed by atoms with Gasteiger partial charge in [0.15, 0.2) is 5.65 Å². The van der Waals surface area contributed by atoms with Gasteiger partial charge in [-0.2, -0.15) is 9.61 Å². The summed E-state index contributed by atoms with van der Waals surface area (Å²) in [6, 6.07) is 16.1. The number of methoxy groups -OCH3 is 1. The van der Waals surface area contributed by atoms with Crippen LogP contribution in [0.4, 0.5) is 0 Å². The Morgan fingerprint density at radius 2 is 1.79 bits per heavy atom. The molecular weight excluding hydrogens is 539 g/mol. The highest BCUT2D eigenvalue weighted by atomic mass is 35.5. The number of hydrogen-bond donors (Lipinski definition) is 1. The topological polar surface area (TPSA) is 108 Å². The number of aryl methyl sites for hydroxylation is 1. The number of nitrogens with zero attached hydrogens (tertiary/aromatic N) is 5. The zero-order chi connectivity index (χ0) is 27.4. The van der Waals surface area contributed by atoms with Gasteiger partial charge in [-0.3, -0.25) is 9.36 Å². The molecule has 4 rings (SSSR count). The number of halogens is 2. The first-order valence-corrected chi connectivity index (χ1v) is 13.0. The zero-order valence-corrected chi connectivity index (χ0v) is 24.1. The van der Waals surface area contributed by atoms with Gasteiger partial charge in [0.25, 0.3) is 5.91 Å². The fraction of sp³-hybridized carbons (Fsp3) is 0.357. The van der Waals surface area contributed by atoms with Gasteiger partial charge in [-0.1, -0.05) is 55.8 Å². The molecule has 0 aliphatic heterocycles. The Balaban J connectivity index is 0.00000420. The maximum Gasteiger partial charge on any atom is 0.352 e. The molecule has 0 saturated heterocycles. The van der Waals surface area contributed by atoms with Crippen LogP contribution in [-0.2, 0) is 6.54 Å². The Bertz CT molecular complexity index is 1470. The number of fused-ring (bicyclic) bond motifs is 1.